The van der Waals surface area contributed by atoms with Crippen molar-refractivity contribution in [2.75, 3.05) is 0 Å². The summed E-state index contributed by atoms with van der Waals surface area (Å²) in [6.45, 7) is 0. The van der Waals surface area contributed by atoms with E-state index in [9.17, 15) is 18.4 Å². The molecule has 0 aromatic rings. The summed E-state index contributed by atoms with van der Waals surface area (Å²) in [4.78, 5) is 18.8. The fraction of sp³-hybridized carbons (Fsp3) is 0.400. The van der Waals surface area contributed by atoms with Gasteiger partial charge in [-0.05, 0) is 0 Å². The molecule has 0 rings (SSSR count). The Hall–Kier alpha value is -1.02. The lowest BCUT2D eigenvalue weighted by Gasteiger charge is -2.00. The van der Waals surface area contributed by atoms with E-state index in [1.807, 2.05) is 0 Å². The summed E-state index contributed by atoms with van der Waals surface area (Å²) < 4.78 is 23.5. The van der Waals surface area contributed by atoms with E-state index >= 15 is 0 Å². The van der Waals surface area contributed by atoms with Crippen molar-refractivity contribution in [3.63, 3.8) is 0 Å². The standard InChI is InChI=1S/C5H4F2O2/c6-5(7,4-9)2-1-3-8/h1,4H,2H2. The number of aldehydes is 1. The molecule has 9 heavy (non-hydrogen) atoms. The van der Waals surface area contributed by atoms with Crippen molar-refractivity contribution in [2.24, 2.45) is 0 Å². The number of hydrogen-bond donors (Lipinski definition) is 0. The van der Waals surface area contributed by atoms with Gasteiger partial charge < -0.3 is 0 Å². The van der Waals surface area contributed by atoms with E-state index in [0.717, 1.165) is 5.94 Å². The Kier molecular flexibility index (Phi) is 2.74. The third-order valence-corrected chi connectivity index (χ3v) is 0.630. The highest BCUT2D eigenvalue weighted by Gasteiger charge is 2.25. The van der Waals surface area contributed by atoms with Crippen molar-refractivity contribution in [1.82, 2.24) is 0 Å². The lowest BCUT2D eigenvalue weighted by Crippen LogP contribution is -2.15. The highest BCUT2D eigenvalue weighted by molar-refractivity contribution is 5.61. The van der Waals surface area contributed by atoms with Gasteiger partial charge in [-0.25, -0.2) is 4.79 Å². The van der Waals surface area contributed by atoms with Crippen LogP contribution in [0.4, 0.5) is 8.78 Å². The van der Waals surface area contributed by atoms with E-state index < -0.39 is 18.6 Å². The minimum atomic E-state index is -3.41. The molecule has 0 aliphatic heterocycles. The SMILES string of the molecule is O=C=CCC(F)(F)C=O. The molecule has 0 N–H and O–H groups in total. The summed E-state index contributed by atoms with van der Waals surface area (Å²) in [6, 6.07) is 0. The molecular weight excluding hydrogens is 130 g/mol. The number of rotatable bonds is 3. The molecule has 0 saturated carbocycles. The van der Waals surface area contributed by atoms with Gasteiger partial charge in [0, 0.05) is 12.5 Å². The van der Waals surface area contributed by atoms with Gasteiger partial charge in [-0.3, -0.25) is 4.79 Å². The van der Waals surface area contributed by atoms with Crippen LogP contribution in [0.3, 0.4) is 0 Å². The summed E-state index contributed by atoms with van der Waals surface area (Å²) in [7, 11) is 0. The second kappa shape index (κ2) is 3.10. The van der Waals surface area contributed by atoms with Gasteiger partial charge in [-0.1, -0.05) is 0 Å². The van der Waals surface area contributed by atoms with Crippen molar-refractivity contribution in [3.8, 4) is 0 Å². The van der Waals surface area contributed by atoms with Gasteiger partial charge >= 0.3 is 5.92 Å². The van der Waals surface area contributed by atoms with Crippen LogP contribution in [0.5, 0.6) is 0 Å². The molecule has 0 fully saturated rings. The van der Waals surface area contributed by atoms with Gasteiger partial charge in [0.25, 0.3) is 0 Å². The van der Waals surface area contributed by atoms with Crippen LogP contribution in [0.2, 0.25) is 0 Å². The highest BCUT2D eigenvalue weighted by atomic mass is 19.3. The molecule has 0 aromatic heterocycles. The second-order valence-corrected chi connectivity index (χ2v) is 1.40. The molecule has 0 amide bonds. The molecule has 0 aliphatic carbocycles. The molecule has 4 heteroatoms. The van der Waals surface area contributed by atoms with E-state index in [4.69, 9.17) is 0 Å². The lowest BCUT2D eigenvalue weighted by molar-refractivity contribution is -0.128. The fourth-order valence-corrected chi connectivity index (χ4v) is 0.226. The van der Waals surface area contributed by atoms with Crippen molar-refractivity contribution in [1.29, 1.82) is 0 Å². The number of carbonyl (C=O) groups excluding carboxylic acids is 2. The van der Waals surface area contributed by atoms with Crippen LogP contribution >= 0.6 is 0 Å². The second-order valence-electron chi connectivity index (χ2n) is 1.40. The molecule has 0 bridgehead atoms. The van der Waals surface area contributed by atoms with Gasteiger partial charge in [0.1, 0.15) is 5.94 Å². The van der Waals surface area contributed by atoms with Gasteiger partial charge in [0.2, 0.25) is 0 Å². The topological polar surface area (TPSA) is 34.1 Å². The van der Waals surface area contributed by atoms with Gasteiger partial charge in [0.15, 0.2) is 6.29 Å². The van der Waals surface area contributed by atoms with Crippen molar-refractivity contribution in [3.05, 3.63) is 6.08 Å². The van der Waals surface area contributed by atoms with Crippen molar-refractivity contribution >= 4 is 12.2 Å². The van der Waals surface area contributed by atoms with Gasteiger partial charge in [-0.15, -0.1) is 0 Å². The summed E-state index contributed by atoms with van der Waals surface area (Å²) in [5.41, 5.74) is 0. The molecule has 0 aromatic carbocycles. The first-order valence-corrected chi connectivity index (χ1v) is 2.16. The van der Waals surface area contributed by atoms with E-state index in [-0.39, 0.29) is 0 Å². The predicted octanol–water partition coefficient (Wildman–Crippen LogP) is 0.599. The Morgan fingerprint density at radius 3 is 2.44 bits per heavy atom. The molecule has 0 spiro atoms. The normalized spacial score (nSPS) is 10.0. The monoisotopic (exact) mass is 134 g/mol. The zero-order valence-electron chi connectivity index (χ0n) is 4.43. The van der Waals surface area contributed by atoms with Gasteiger partial charge in [0.05, 0.1) is 0 Å². The molecule has 0 heterocycles. The maximum atomic E-state index is 11.8. The maximum absolute atomic E-state index is 11.8. The summed E-state index contributed by atoms with van der Waals surface area (Å²) >= 11 is 0. The van der Waals surface area contributed by atoms with E-state index in [2.05, 4.69) is 0 Å². The van der Waals surface area contributed by atoms with Crippen molar-refractivity contribution in [2.45, 2.75) is 12.3 Å². The molecule has 50 valence electrons. The quantitative estimate of drug-likeness (QED) is 0.418. The Morgan fingerprint density at radius 2 is 2.11 bits per heavy atom. The average molecular weight is 134 g/mol. The Bertz CT molecular complexity index is 147. The lowest BCUT2D eigenvalue weighted by atomic mass is 10.3. The minimum absolute atomic E-state index is 0.499. The molecule has 0 radical (unpaired) electrons. The summed E-state index contributed by atoms with van der Waals surface area (Å²) in [5, 5.41) is 0. The first kappa shape index (κ1) is 7.98. The highest BCUT2D eigenvalue weighted by Crippen LogP contribution is 2.13. The largest absolute Gasteiger partial charge is 0.306 e. The number of alkyl halides is 2. The summed E-state index contributed by atoms with van der Waals surface area (Å²) in [6.07, 6.45) is -0.782. The molecular formula is C5H4F2O2. The minimum Gasteiger partial charge on any atom is -0.297 e. The average Bonchev–Trinajstić information content (AvgIpc) is 1.84. The third kappa shape index (κ3) is 3.55. The maximum Gasteiger partial charge on any atom is 0.306 e. The summed E-state index contributed by atoms with van der Waals surface area (Å²) in [5.74, 6) is -2.26. The molecule has 0 aliphatic rings. The molecule has 0 saturated heterocycles. The van der Waals surface area contributed by atoms with Crippen LogP contribution in [0.15, 0.2) is 6.08 Å². The van der Waals surface area contributed by atoms with Crippen LogP contribution in [0.1, 0.15) is 6.42 Å². The number of allylic oxidation sites excluding steroid dienone is 1. The van der Waals surface area contributed by atoms with E-state index in [0.29, 0.717) is 6.08 Å². The Morgan fingerprint density at radius 1 is 1.56 bits per heavy atom. The van der Waals surface area contributed by atoms with Crippen LogP contribution in [0.25, 0.3) is 0 Å². The van der Waals surface area contributed by atoms with Gasteiger partial charge in [-0.2, -0.15) is 8.78 Å². The first-order chi connectivity index (χ1) is 4.12. The first-order valence-electron chi connectivity index (χ1n) is 2.16. The third-order valence-electron chi connectivity index (χ3n) is 0.630. The van der Waals surface area contributed by atoms with Crippen LogP contribution < -0.4 is 0 Å². The smallest absolute Gasteiger partial charge is 0.297 e. The van der Waals surface area contributed by atoms with E-state index in [1.54, 1.807) is 0 Å². The van der Waals surface area contributed by atoms with Crippen molar-refractivity contribution < 1.29 is 18.4 Å². The number of halogens is 2. The van der Waals surface area contributed by atoms with Crippen LogP contribution in [0, 0.1) is 0 Å². The van der Waals surface area contributed by atoms with Crippen LogP contribution in [-0.2, 0) is 9.59 Å². The number of hydrogen-bond acceptors (Lipinski definition) is 2. The molecule has 0 atom stereocenters. The number of carbonyl (C=O) groups is 1. The zero-order valence-corrected chi connectivity index (χ0v) is 4.43. The Balaban J connectivity index is 3.85. The molecule has 0 unspecified atom stereocenters. The Labute approximate surface area is 50.2 Å². The predicted molar refractivity (Wildman–Crippen MR) is 25.9 cm³/mol. The zero-order chi connectivity index (χ0) is 7.33. The fourth-order valence-electron chi connectivity index (χ4n) is 0.226. The van der Waals surface area contributed by atoms with E-state index in [1.165, 1.54) is 0 Å². The molecule has 2 nitrogen and oxygen atoms in total. The van der Waals surface area contributed by atoms with Crippen LogP contribution in [-0.4, -0.2) is 18.2 Å².